The molecule has 0 saturated carbocycles. The minimum absolute atomic E-state index is 0.0345. The van der Waals surface area contributed by atoms with Gasteiger partial charge in [-0.25, -0.2) is 22.9 Å². The van der Waals surface area contributed by atoms with E-state index >= 15 is 13.2 Å². The number of carbonyl (C=O) groups excluding carboxylic acids is 4. The van der Waals surface area contributed by atoms with Crippen LogP contribution < -0.4 is 31.3 Å². The summed E-state index contributed by atoms with van der Waals surface area (Å²) in [5, 5.41) is 32.7. The fourth-order valence-corrected chi connectivity index (χ4v) is 12.4. The van der Waals surface area contributed by atoms with Crippen LogP contribution in [0.15, 0.2) is 97.1 Å². The molecule has 2 saturated heterocycles. The van der Waals surface area contributed by atoms with Crippen LogP contribution in [0.1, 0.15) is 73.9 Å². The number of methoxy groups -OCH3 is 1. The number of nitrogens with two attached hydrogens (primary N) is 1. The molecule has 4 amide bonds. The number of ether oxygens (including phenoxy) is 3. The summed E-state index contributed by atoms with van der Waals surface area (Å²) in [6.45, 7) is 8.44. The second kappa shape index (κ2) is 28.2. The van der Waals surface area contributed by atoms with Gasteiger partial charge in [-0.05, 0) is 94.8 Å². The predicted molar refractivity (Wildman–Crippen MR) is 338 cm³/mol. The molecular weight excluding hydrogens is 1210 g/mol. The number of hydrogen-bond acceptors (Lipinski definition) is 14. The van der Waals surface area contributed by atoms with Crippen LogP contribution >= 0.6 is 34.8 Å². The lowest BCUT2D eigenvalue weighted by molar-refractivity contribution is -0.130. The summed E-state index contributed by atoms with van der Waals surface area (Å²) < 4.78 is 66.5. The third-order valence-corrected chi connectivity index (χ3v) is 16.9. The molecule has 89 heavy (non-hydrogen) atoms. The number of piperazine rings is 1. The van der Waals surface area contributed by atoms with E-state index in [0.717, 1.165) is 6.07 Å². The minimum atomic E-state index is -1.84. The lowest BCUT2D eigenvalue weighted by Gasteiger charge is -2.37. The van der Waals surface area contributed by atoms with E-state index in [1.807, 2.05) is 43.9 Å². The Labute approximate surface area is 528 Å². The number of amides is 4. The molecule has 9 rings (SSSR count). The smallest absolute Gasteiger partial charge is 0.314 e. The van der Waals surface area contributed by atoms with E-state index in [1.54, 1.807) is 31.3 Å². The number of hydrogen-bond donors (Lipinski definition) is 5. The van der Waals surface area contributed by atoms with Gasteiger partial charge in [0, 0.05) is 105 Å². The lowest BCUT2D eigenvalue weighted by atomic mass is 9.62. The number of phenols is 1. The first-order valence-electron chi connectivity index (χ1n) is 29.0. The highest BCUT2D eigenvalue weighted by molar-refractivity contribution is 6.35. The number of benzene rings is 6. The van der Waals surface area contributed by atoms with Gasteiger partial charge in [0.05, 0.1) is 54.8 Å². The van der Waals surface area contributed by atoms with E-state index in [2.05, 4.69) is 27.0 Å². The van der Waals surface area contributed by atoms with Gasteiger partial charge in [0.2, 0.25) is 17.8 Å². The number of nitrogens with one attached hydrogen (secondary N) is 3. The summed E-state index contributed by atoms with van der Waals surface area (Å²) in [4.78, 5) is 67.5. The van der Waals surface area contributed by atoms with Crippen molar-refractivity contribution in [3.8, 4) is 28.7 Å². The number of aromatic hydroxyl groups is 1. The summed E-state index contributed by atoms with van der Waals surface area (Å²) >= 11 is 19.4. The van der Waals surface area contributed by atoms with E-state index in [1.165, 1.54) is 65.4 Å². The molecule has 18 nitrogen and oxygen atoms in total. The molecule has 2 aliphatic rings. The maximum Gasteiger partial charge on any atom is 0.314 e. The van der Waals surface area contributed by atoms with E-state index in [4.69, 9.17) is 59.7 Å². The number of nitrogens with zero attached hydrogens (tertiary/aromatic N) is 6. The number of fused-ring (bicyclic) bond motifs is 2. The fraction of sp³-hybridized carbons (Fsp3) is 0.369. The third kappa shape index (κ3) is 14.5. The quantitative estimate of drug-likeness (QED) is 0.0296. The van der Waals surface area contributed by atoms with Gasteiger partial charge in [-0.15, -0.1) is 0 Å². The summed E-state index contributed by atoms with van der Waals surface area (Å²) in [5.41, 5.74) is 4.03. The maximum atomic E-state index is 17.0. The van der Waals surface area contributed by atoms with Gasteiger partial charge in [-0.1, -0.05) is 98.0 Å². The largest absolute Gasteiger partial charge is 0.508 e. The topological polar surface area (TPSA) is 238 Å². The van der Waals surface area contributed by atoms with Crippen molar-refractivity contribution in [2.24, 2.45) is 11.1 Å². The Balaban J connectivity index is 0.752. The van der Waals surface area contributed by atoms with Crippen LogP contribution in [0.4, 0.5) is 35.4 Å². The zero-order valence-electron chi connectivity index (χ0n) is 49.7. The van der Waals surface area contributed by atoms with E-state index in [-0.39, 0.29) is 131 Å². The number of primary amides is 1. The van der Waals surface area contributed by atoms with Crippen molar-refractivity contribution in [2.45, 2.75) is 69.9 Å². The number of halogens is 6. The Hall–Kier alpha value is -7.97. The summed E-state index contributed by atoms with van der Waals surface area (Å²) in [5.74, 6) is -4.23. The van der Waals surface area contributed by atoms with Gasteiger partial charge in [-0.2, -0.15) is 10.2 Å². The van der Waals surface area contributed by atoms with Crippen LogP contribution in [0.25, 0.3) is 32.8 Å². The summed E-state index contributed by atoms with van der Waals surface area (Å²) in [7, 11) is 3.02. The number of nitriles is 1. The Kier molecular flexibility index (Phi) is 20.8. The Morgan fingerprint density at radius 3 is 2.31 bits per heavy atom. The third-order valence-electron chi connectivity index (χ3n) is 16.1. The van der Waals surface area contributed by atoms with E-state index in [0.29, 0.717) is 65.7 Å². The molecule has 0 aliphatic carbocycles. The first-order valence-corrected chi connectivity index (χ1v) is 30.1. The van der Waals surface area contributed by atoms with Crippen molar-refractivity contribution < 1.29 is 51.7 Å². The van der Waals surface area contributed by atoms with Crippen LogP contribution in [0.5, 0.6) is 11.5 Å². The summed E-state index contributed by atoms with van der Waals surface area (Å²) in [6.07, 6.45) is 0.818. The highest BCUT2D eigenvalue weighted by atomic mass is 35.5. The van der Waals surface area contributed by atoms with Crippen molar-refractivity contribution in [3.63, 3.8) is 0 Å². The first kappa shape index (κ1) is 65.5. The number of carbonyl (C=O) groups is 4. The molecule has 0 radical (unpaired) electrons. The number of rotatable bonds is 23. The number of ketones is 1. The molecule has 6 N–H and O–H groups in total. The molecule has 0 spiro atoms. The number of Topliss-reactive ketones (excluding diaryl/α,β-unsaturated/α-hetero) is 1. The Bertz CT molecular complexity index is 3860. The van der Waals surface area contributed by atoms with Gasteiger partial charge in [0.25, 0.3) is 0 Å². The standard InChI is InChI=1S/C65H68Cl3F3N10O8/c1-64(2,3)35-52-65(36-72,45-17-16-39(66)32-48(45)69)55(42-12-8-13-46(67)56(42)70)59(76-52)61(85)75-49-18-15-38(31-51(49)87-5)50(83)14-9-26-88-28-29-89-27-25-79(4)53(84)19-20-74-63-77-58-44(60(78-63)80-21-23-81(24-22-80)62(73)86)34-47(68)54(57(58)71)43-33-40(82)30-37-10-6-7-11-41(37)43/h6-8,10-13,15-18,30-34,52,55,59,76,82H,9,14,19-29,35H2,1-5H3,(H2,73,86)(H,75,85)(H,74,77,78)/t52-,55-,59+,65-/m0/s1. The number of anilines is 3. The molecule has 7 aromatic rings. The predicted octanol–water partition coefficient (Wildman–Crippen LogP) is 11.7. The first-order chi connectivity index (χ1) is 42.5. The monoisotopic (exact) mass is 1280 g/mol. The molecule has 4 atom stereocenters. The average Bonchev–Trinajstić information content (AvgIpc) is 1.66. The van der Waals surface area contributed by atoms with Crippen molar-refractivity contribution >= 4 is 97.6 Å². The maximum absolute atomic E-state index is 17.0. The fourth-order valence-electron chi connectivity index (χ4n) is 11.7. The van der Waals surface area contributed by atoms with Gasteiger partial charge < -0.3 is 55.7 Å². The van der Waals surface area contributed by atoms with Crippen molar-refractivity contribution in [1.82, 2.24) is 25.1 Å². The van der Waals surface area contributed by atoms with Crippen LogP contribution in [0.3, 0.4) is 0 Å². The molecule has 468 valence electrons. The zero-order valence-corrected chi connectivity index (χ0v) is 52.0. The molecule has 0 unspecified atom stereocenters. The van der Waals surface area contributed by atoms with Gasteiger partial charge in [-0.3, -0.25) is 14.4 Å². The Morgan fingerprint density at radius 1 is 0.865 bits per heavy atom. The molecule has 2 aliphatic heterocycles. The van der Waals surface area contributed by atoms with Crippen LogP contribution in [0.2, 0.25) is 15.1 Å². The Morgan fingerprint density at radius 2 is 1.61 bits per heavy atom. The number of urea groups is 1. The molecule has 3 heterocycles. The average molecular weight is 1280 g/mol. The van der Waals surface area contributed by atoms with Gasteiger partial charge in [0.15, 0.2) is 11.6 Å². The molecular formula is C65H68Cl3F3N10O8. The molecule has 6 aromatic carbocycles. The highest BCUT2D eigenvalue weighted by Gasteiger charge is 2.61. The van der Waals surface area contributed by atoms with Crippen molar-refractivity contribution in [2.75, 3.05) is 95.4 Å². The normalized spacial score (nSPS) is 17.6. The number of phenolic OH excluding ortho intramolecular Hbond substituents is 1. The van der Waals surface area contributed by atoms with Crippen LogP contribution in [0, 0.1) is 34.2 Å². The van der Waals surface area contributed by atoms with Crippen molar-refractivity contribution in [3.05, 3.63) is 146 Å². The number of aromatic nitrogens is 2. The molecule has 0 bridgehead atoms. The van der Waals surface area contributed by atoms with E-state index in [9.17, 15) is 29.5 Å². The lowest BCUT2D eigenvalue weighted by Crippen LogP contribution is -2.50. The summed E-state index contributed by atoms with van der Waals surface area (Å²) in [6, 6.07) is 24.3. The molecule has 1 aromatic heterocycles. The molecule has 2 fully saturated rings. The number of likely N-dealkylation sites (N-methyl/N-ethyl adjacent to an activating group) is 1. The second-order valence-corrected chi connectivity index (χ2v) is 24.4. The van der Waals surface area contributed by atoms with Crippen LogP contribution in [-0.4, -0.2) is 140 Å². The van der Waals surface area contributed by atoms with Gasteiger partial charge >= 0.3 is 6.03 Å². The highest BCUT2D eigenvalue weighted by Crippen LogP contribution is 2.53. The second-order valence-electron chi connectivity index (χ2n) is 23.2. The van der Waals surface area contributed by atoms with Crippen LogP contribution in [-0.2, 0) is 24.5 Å². The van der Waals surface area contributed by atoms with Gasteiger partial charge in [0.1, 0.15) is 39.9 Å². The van der Waals surface area contributed by atoms with E-state index < -0.39 is 58.2 Å². The zero-order chi connectivity index (χ0) is 63.9. The van der Waals surface area contributed by atoms with Crippen molar-refractivity contribution in [1.29, 1.82) is 5.26 Å². The SMILES string of the molecule is COc1cc(C(=O)CCCOCCOCCN(C)C(=O)CCNc2nc(N3CCN(C(N)=O)CC3)c3cc(Cl)c(-c4cc(O)cc5ccccc45)c(F)c3n2)ccc1NC(=O)[C@@H]1N[C@@H](CC(C)(C)C)[C@](C#N)(c2ccc(Cl)cc2F)[C@H]1c1cccc(Cl)c1F. The minimum Gasteiger partial charge on any atom is -0.508 e. The molecule has 24 heteroatoms.